The lowest BCUT2D eigenvalue weighted by Gasteiger charge is -2.14. The van der Waals surface area contributed by atoms with E-state index in [-0.39, 0.29) is 23.4 Å². The first-order valence-corrected chi connectivity index (χ1v) is 4.66. The molecule has 0 aromatic carbocycles. The molecule has 82 valence electrons. The minimum absolute atomic E-state index is 0.224. The van der Waals surface area contributed by atoms with Crippen LogP contribution in [0.2, 0.25) is 0 Å². The van der Waals surface area contributed by atoms with Crippen LogP contribution < -0.4 is 0 Å². The van der Waals surface area contributed by atoms with Crippen molar-refractivity contribution in [1.82, 2.24) is 5.16 Å². The fourth-order valence-corrected chi connectivity index (χ4v) is 1.93. The molecule has 1 atom stereocenters. The second-order valence-electron chi connectivity index (χ2n) is 3.56. The lowest BCUT2D eigenvalue weighted by atomic mass is 9.92. The maximum Gasteiger partial charge on any atom is 0.358 e. The fraction of sp³-hybridized carbons (Fsp3) is 0.200. The number of furan rings is 1. The Morgan fingerprint density at radius 1 is 1.56 bits per heavy atom. The number of fused-ring (bicyclic) bond motifs is 3. The summed E-state index contributed by atoms with van der Waals surface area (Å²) in [6.45, 7) is 0. The molecule has 3 rings (SSSR count). The van der Waals surface area contributed by atoms with E-state index in [0.717, 1.165) is 0 Å². The zero-order chi connectivity index (χ0) is 11.3. The molecule has 1 aliphatic carbocycles. The van der Waals surface area contributed by atoms with Gasteiger partial charge < -0.3 is 19.2 Å². The fourth-order valence-electron chi connectivity index (χ4n) is 1.93. The third kappa shape index (κ3) is 1.04. The van der Waals surface area contributed by atoms with Crippen molar-refractivity contribution in [3.63, 3.8) is 0 Å². The molecule has 2 aromatic rings. The Kier molecular flexibility index (Phi) is 1.69. The maximum atomic E-state index is 10.9. The predicted molar refractivity (Wildman–Crippen MR) is 49.8 cm³/mol. The second-order valence-corrected chi connectivity index (χ2v) is 3.56. The van der Waals surface area contributed by atoms with Gasteiger partial charge in [0.1, 0.15) is 5.76 Å². The Morgan fingerprint density at radius 2 is 2.38 bits per heavy atom. The molecule has 0 bridgehead atoms. The summed E-state index contributed by atoms with van der Waals surface area (Å²) in [6.07, 6.45) is 0.748. The SMILES string of the molecule is O=C(O)c1noc2c1C(O)Cc1occc1-2. The molecule has 1 aliphatic rings. The van der Waals surface area contributed by atoms with Gasteiger partial charge in [-0.05, 0) is 6.07 Å². The third-order valence-electron chi connectivity index (χ3n) is 2.63. The largest absolute Gasteiger partial charge is 0.476 e. The molecule has 0 aliphatic heterocycles. The number of carbonyl (C=O) groups is 1. The standard InChI is InChI=1S/C10H7NO5/c12-5-3-6-4(1-2-15-6)9-7(5)8(10(13)14)11-16-9/h1-2,5,12H,3H2,(H,13,14). The molecule has 0 radical (unpaired) electrons. The van der Waals surface area contributed by atoms with E-state index in [2.05, 4.69) is 5.16 Å². The van der Waals surface area contributed by atoms with Gasteiger partial charge in [0.15, 0.2) is 11.5 Å². The first-order valence-electron chi connectivity index (χ1n) is 4.66. The van der Waals surface area contributed by atoms with Crippen LogP contribution in [0.1, 0.15) is 27.9 Å². The minimum Gasteiger partial charge on any atom is -0.476 e. The number of aromatic carboxylic acids is 1. The highest BCUT2D eigenvalue weighted by molar-refractivity contribution is 5.90. The Morgan fingerprint density at radius 3 is 3.12 bits per heavy atom. The first kappa shape index (κ1) is 9.17. The topological polar surface area (TPSA) is 96.7 Å². The predicted octanol–water partition coefficient (Wildman–Crippen LogP) is 1.22. The van der Waals surface area contributed by atoms with Crippen molar-refractivity contribution in [3.8, 4) is 11.3 Å². The lowest BCUT2D eigenvalue weighted by Crippen LogP contribution is -2.12. The molecule has 0 fully saturated rings. The molecule has 2 aromatic heterocycles. The summed E-state index contributed by atoms with van der Waals surface area (Å²) < 4.78 is 10.1. The molecule has 0 amide bonds. The van der Waals surface area contributed by atoms with Crippen molar-refractivity contribution < 1.29 is 23.9 Å². The van der Waals surface area contributed by atoms with Gasteiger partial charge in [0, 0.05) is 6.42 Å². The summed E-state index contributed by atoms with van der Waals surface area (Å²) in [6, 6.07) is 1.66. The van der Waals surface area contributed by atoms with Crippen LogP contribution in [0.3, 0.4) is 0 Å². The van der Waals surface area contributed by atoms with Gasteiger partial charge in [-0.2, -0.15) is 0 Å². The van der Waals surface area contributed by atoms with Crippen LogP contribution in [0.5, 0.6) is 0 Å². The average Bonchev–Trinajstić information content (AvgIpc) is 2.80. The summed E-state index contributed by atoms with van der Waals surface area (Å²) in [7, 11) is 0. The van der Waals surface area contributed by atoms with Crippen molar-refractivity contribution >= 4 is 5.97 Å². The Bertz CT molecular complexity index is 568. The molecular weight excluding hydrogens is 214 g/mol. The van der Waals surface area contributed by atoms with Crippen molar-refractivity contribution in [2.75, 3.05) is 0 Å². The maximum absolute atomic E-state index is 10.9. The van der Waals surface area contributed by atoms with Gasteiger partial charge in [-0.25, -0.2) is 4.79 Å². The van der Waals surface area contributed by atoms with E-state index < -0.39 is 12.1 Å². The Balaban J connectivity index is 2.27. The summed E-state index contributed by atoms with van der Waals surface area (Å²) in [5.74, 6) is -0.357. The van der Waals surface area contributed by atoms with Crippen LogP contribution in [-0.2, 0) is 6.42 Å². The molecule has 1 unspecified atom stereocenters. The van der Waals surface area contributed by atoms with Crippen molar-refractivity contribution in [2.45, 2.75) is 12.5 Å². The molecule has 2 N–H and O–H groups in total. The van der Waals surface area contributed by atoms with E-state index >= 15 is 0 Å². The molecule has 2 heterocycles. The van der Waals surface area contributed by atoms with Crippen LogP contribution in [0.25, 0.3) is 11.3 Å². The van der Waals surface area contributed by atoms with E-state index in [1.165, 1.54) is 6.26 Å². The summed E-state index contributed by atoms with van der Waals surface area (Å²) in [5, 5.41) is 22.2. The number of aliphatic hydroxyl groups excluding tert-OH is 1. The summed E-state index contributed by atoms with van der Waals surface area (Å²) >= 11 is 0. The van der Waals surface area contributed by atoms with Gasteiger partial charge in [0.2, 0.25) is 0 Å². The van der Waals surface area contributed by atoms with Crippen molar-refractivity contribution in [1.29, 1.82) is 0 Å². The molecule has 0 saturated carbocycles. The Hall–Kier alpha value is -2.08. The van der Waals surface area contributed by atoms with E-state index in [1.54, 1.807) is 6.07 Å². The quantitative estimate of drug-likeness (QED) is 0.751. The highest BCUT2D eigenvalue weighted by Gasteiger charge is 2.34. The number of rotatable bonds is 1. The van der Waals surface area contributed by atoms with E-state index in [4.69, 9.17) is 14.0 Å². The average molecular weight is 221 g/mol. The minimum atomic E-state index is -1.21. The van der Waals surface area contributed by atoms with Gasteiger partial charge in [0.25, 0.3) is 0 Å². The zero-order valence-electron chi connectivity index (χ0n) is 8.01. The van der Waals surface area contributed by atoms with Gasteiger partial charge >= 0.3 is 5.97 Å². The number of carboxylic acid groups (broad SMARTS) is 1. The van der Waals surface area contributed by atoms with Crippen LogP contribution in [-0.4, -0.2) is 21.3 Å². The highest BCUT2D eigenvalue weighted by Crippen LogP contribution is 2.40. The van der Waals surface area contributed by atoms with E-state index in [1.807, 2.05) is 0 Å². The van der Waals surface area contributed by atoms with Crippen LogP contribution >= 0.6 is 0 Å². The normalized spacial score (nSPS) is 17.9. The van der Waals surface area contributed by atoms with Gasteiger partial charge in [-0.1, -0.05) is 5.16 Å². The first-order chi connectivity index (χ1) is 7.68. The molecular formula is C10H7NO5. The highest BCUT2D eigenvalue weighted by atomic mass is 16.5. The number of hydrogen-bond acceptors (Lipinski definition) is 5. The van der Waals surface area contributed by atoms with Gasteiger partial charge in [0.05, 0.1) is 23.5 Å². The van der Waals surface area contributed by atoms with E-state index in [9.17, 15) is 9.90 Å². The number of aromatic nitrogens is 1. The van der Waals surface area contributed by atoms with E-state index in [0.29, 0.717) is 11.3 Å². The number of aliphatic hydroxyl groups is 1. The van der Waals surface area contributed by atoms with Crippen molar-refractivity contribution in [2.24, 2.45) is 0 Å². The van der Waals surface area contributed by atoms with Crippen LogP contribution in [0.15, 0.2) is 21.3 Å². The number of carboxylic acids is 1. The molecule has 6 nitrogen and oxygen atoms in total. The summed E-state index contributed by atoms with van der Waals surface area (Å²) in [5.41, 5.74) is 0.635. The van der Waals surface area contributed by atoms with Gasteiger partial charge in [-0.15, -0.1) is 0 Å². The smallest absolute Gasteiger partial charge is 0.358 e. The Labute approximate surface area is 89.1 Å². The molecule has 0 spiro atoms. The molecule has 6 heteroatoms. The summed E-state index contributed by atoms with van der Waals surface area (Å²) in [4.78, 5) is 10.9. The molecule has 0 saturated heterocycles. The third-order valence-corrected chi connectivity index (χ3v) is 2.63. The second kappa shape index (κ2) is 2.96. The zero-order valence-corrected chi connectivity index (χ0v) is 8.01. The molecule has 16 heavy (non-hydrogen) atoms. The lowest BCUT2D eigenvalue weighted by molar-refractivity contribution is 0.0678. The van der Waals surface area contributed by atoms with Crippen LogP contribution in [0, 0.1) is 0 Å². The number of nitrogens with zero attached hydrogens (tertiary/aromatic N) is 1. The van der Waals surface area contributed by atoms with Gasteiger partial charge in [-0.3, -0.25) is 0 Å². The van der Waals surface area contributed by atoms with Crippen molar-refractivity contribution in [3.05, 3.63) is 29.3 Å². The van der Waals surface area contributed by atoms with Crippen LogP contribution in [0.4, 0.5) is 0 Å². The number of hydrogen-bond donors (Lipinski definition) is 2. The monoisotopic (exact) mass is 221 g/mol.